The van der Waals surface area contributed by atoms with E-state index in [0.717, 1.165) is 12.1 Å². The number of hydrogen-bond acceptors (Lipinski definition) is 6. The number of carbonyl (C=O) groups excluding carboxylic acids is 1. The molecule has 1 N–H and O–H groups in total. The minimum absolute atomic E-state index is 0.0910. The summed E-state index contributed by atoms with van der Waals surface area (Å²) in [5.41, 5.74) is -1.19. The summed E-state index contributed by atoms with van der Waals surface area (Å²) in [5, 5.41) is 28.9. The molecule has 1 aromatic carbocycles. The molecule has 7 nitrogen and oxygen atoms in total. The lowest BCUT2D eigenvalue weighted by Crippen LogP contribution is -2.48. The molecule has 0 aromatic heterocycles. The Bertz CT molecular complexity index is 843. The smallest absolute Gasteiger partial charge is 0.219 e. The number of nitrogens with one attached hydrogen (secondary N) is 1. The molecule has 0 atom stereocenters. The third kappa shape index (κ3) is 3.88. The van der Waals surface area contributed by atoms with E-state index in [9.17, 15) is 13.6 Å². The van der Waals surface area contributed by atoms with Crippen molar-refractivity contribution in [3.05, 3.63) is 35.0 Å². The summed E-state index contributed by atoms with van der Waals surface area (Å²) < 4.78 is 28.9. The van der Waals surface area contributed by atoms with Gasteiger partial charge in [-0.1, -0.05) is 0 Å². The number of anilines is 2. The Kier molecular flexibility index (Phi) is 5.72. The van der Waals surface area contributed by atoms with Crippen molar-refractivity contribution < 1.29 is 13.6 Å². The van der Waals surface area contributed by atoms with E-state index in [-0.39, 0.29) is 30.4 Å². The number of hydrogen-bond donors (Lipinski definition) is 1. The second-order valence-electron chi connectivity index (χ2n) is 5.49. The quantitative estimate of drug-likeness (QED) is 0.829. The van der Waals surface area contributed by atoms with E-state index >= 15 is 0 Å². The van der Waals surface area contributed by atoms with Crippen molar-refractivity contribution in [1.29, 1.82) is 15.8 Å². The van der Waals surface area contributed by atoms with Crippen LogP contribution in [-0.4, -0.2) is 37.0 Å². The first kappa shape index (κ1) is 18.7. The number of amides is 1. The van der Waals surface area contributed by atoms with E-state index in [1.165, 1.54) is 24.0 Å². The van der Waals surface area contributed by atoms with Gasteiger partial charge < -0.3 is 15.1 Å². The Labute approximate surface area is 148 Å². The predicted molar refractivity (Wildman–Crippen MR) is 88.3 cm³/mol. The molecule has 1 heterocycles. The van der Waals surface area contributed by atoms with Crippen LogP contribution in [0.2, 0.25) is 0 Å². The summed E-state index contributed by atoms with van der Waals surface area (Å²) in [5.74, 6) is -1.79. The number of carbonyl (C=O) groups is 1. The Morgan fingerprint density at radius 1 is 1.04 bits per heavy atom. The molecule has 0 bridgehead atoms. The summed E-state index contributed by atoms with van der Waals surface area (Å²) in [4.78, 5) is 14.4. The zero-order chi connectivity index (χ0) is 19.3. The number of piperazine rings is 1. The summed E-state index contributed by atoms with van der Waals surface area (Å²) in [6.45, 7) is 2.74. The first-order chi connectivity index (χ1) is 12.4. The highest BCUT2D eigenvalue weighted by Crippen LogP contribution is 2.28. The van der Waals surface area contributed by atoms with Gasteiger partial charge in [-0.3, -0.25) is 4.79 Å². The van der Waals surface area contributed by atoms with Gasteiger partial charge in [0.05, 0.1) is 0 Å². The van der Waals surface area contributed by atoms with Gasteiger partial charge in [-0.15, -0.1) is 0 Å². The third-order valence-corrected chi connectivity index (χ3v) is 3.91. The Balaban J connectivity index is 2.26. The molecule has 132 valence electrons. The monoisotopic (exact) mass is 356 g/mol. The molecule has 1 saturated heterocycles. The van der Waals surface area contributed by atoms with Crippen molar-refractivity contribution in [2.45, 2.75) is 6.92 Å². The van der Waals surface area contributed by atoms with Crippen LogP contribution in [0.1, 0.15) is 6.92 Å². The molecule has 0 saturated carbocycles. The van der Waals surface area contributed by atoms with Crippen LogP contribution in [-0.2, 0) is 4.79 Å². The van der Waals surface area contributed by atoms with E-state index in [4.69, 9.17) is 15.8 Å². The largest absolute Gasteiger partial charge is 0.363 e. The first-order valence-electron chi connectivity index (χ1n) is 7.62. The van der Waals surface area contributed by atoms with Gasteiger partial charge in [0.2, 0.25) is 5.91 Å². The molecule has 0 unspecified atom stereocenters. The van der Waals surface area contributed by atoms with Crippen molar-refractivity contribution in [2.24, 2.45) is 0 Å². The predicted octanol–water partition coefficient (Wildman–Crippen LogP) is 1.87. The van der Waals surface area contributed by atoms with Gasteiger partial charge in [-0.05, 0) is 12.1 Å². The summed E-state index contributed by atoms with van der Waals surface area (Å²) >= 11 is 0. The lowest BCUT2D eigenvalue weighted by atomic mass is 10.2. The summed E-state index contributed by atoms with van der Waals surface area (Å²) in [6, 6.07) is 6.66. The molecule has 26 heavy (non-hydrogen) atoms. The average Bonchev–Trinajstić information content (AvgIpc) is 2.61. The second-order valence-corrected chi connectivity index (χ2v) is 5.49. The molecule has 1 aromatic rings. The number of halogens is 2. The maximum absolute atomic E-state index is 14.4. The molecule has 1 fully saturated rings. The maximum atomic E-state index is 14.4. The van der Waals surface area contributed by atoms with E-state index in [0.29, 0.717) is 13.1 Å². The first-order valence-corrected chi connectivity index (χ1v) is 7.62. The molecular weight excluding hydrogens is 342 g/mol. The van der Waals surface area contributed by atoms with E-state index in [2.05, 4.69) is 5.32 Å². The van der Waals surface area contributed by atoms with Crippen LogP contribution in [0, 0.1) is 45.6 Å². The van der Waals surface area contributed by atoms with Crippen LogP contribution in [0.3, 0.4) is 0 Å². The van der Waals surface area contributed by atoms with Gasteiger partial charge in [0.25, 0.3) is 0 Å². The molecule has 0 radical (unpaired) electrons. The number of allylic oxidation sites excluding steroid dienone is 2. The molecule has 0 spiro atoms. The zero-order valence-corrected chi connectivity index (χ0v) is 13.9. The maximum Gasteiger partial charge on any atom is 0.219 e. The highest BCUT2D eigenvalue weighted by atomic mass is 19.1. The van der Waals surface area contributed by atoms with Gasteiger partial charge in [-0.2, -0.15) is 15.8 Å². The fourth-order valence-electron chi connectivity index (χ4n) is 2.61. The average molecular weight is 356 g/mol. The van der Waals surface area contributed by atoms with Crippen molar-refractivity contribution in [1.82, 2.24) is 4.90 Å². The number of nitrogens with zero attached hydrogens (tertiary/aromatic N) is 5. The van der Waals surface area contributed by atoms with Crippen LogP contribution in [0.15, 0.2) is 23.4 Å². The lowest BCUT2D eigenvalue weighted by molar-refractivity contribution is -0.129. The van der Waals surface area contributed by atoms with E-state index in [1.54, 1.807) is 11.0 Å². The van der Waals surface area contributed by atoms with Crippen molar-refractivity contribution >= 4 is 17.3 Å². The molecular formula is C17H14F2N6O. The van der Waals surface area contributed by atoms with Crippen LogP contribution < -0.4 is 10.2 Å². The second kappa shape index (κ2) is 7.96. The van der Waals surface area contributed by atoms with Crippen LogP contribution in [0.25, 0.3) is 0 Å². The number of benzene rings is 1. The molecule has 0 aliphatic carbocycles. The zero-order valence-electron chi connectivity index (χ0n) is 13.9. The minimum atomic E-state index is -0.850. The third-order valence-electron chi connectivity index (χ3n) is 3.91. The van der Waals surface area contributed by atoms with Gasteiger partial charge >= 0.3 is 0 Å². The van der Waals surface area contributed by atoms with Gasteiger partial charge in [0.1, 0.15) is 29.6 Å². The van der Waals surface area contributed by atoms with E-state index in [1.807, 2.05) is 0 Å². The van der Waals surface area contributed by atoms with Crippen LogP contribution in [0.5, 0.6) is 0 Å². The molecule has 2 rings (SSSR count). The van der Waals surface area contributed by atoms with Gasteiger partial charge in [0, 0.05) is 38.8 Å². The molecule has 1 aliphatic rings. The fraction of sp³-hybridized carbons (Fsp3) is 0.294. The van der Waals surface area contributed by atoms with E-state index < -0.39 is 22.9 Å². The Morgan fingerprint density at radius 3 is 2.00 bits per heavy atom. The minimum Gasteiger partial charge on any atom is -0.363 e. The van der Waals surface area contributed by atoms with Gasteiger partial charge in [0.15, 0.2) is 17.2 Å². The fourth-order valence-corrected chi connectivity index (χ4v) is 2.61. The van der Waals surface area contributed by atoms with Crippen LogP contribution >= 0.6 is 0 Å². The van der Waals surface area contributed by atoms with Crippen molar-refractivity contribution in [3.63, 3.8) is 0 Å². The highest BCUT2D eigenvalue weighted by molar-refractivity contribution is 5.73. The summed E-state index contributed by atoms with van der Waals surface area (Å²) in [7, 11) is 0. The Morgan fingerprint density at radius 2 is 1.58 bits per heavy atom. The van der Waals surface area contributed by atoms with Crippen molar-refractivity contribution in [2.75, 3.05) is 36.4 Å². The molecule has 9 heteroatoms. The normalized spacial score (nSPS) is 13.2. The number of rotatable bonds is 3. The van der Waals surface area contributed by atoms with Gasteiger partial charge in [-0.25, -0.2) is 8.78 Å². The molecule has 1 amide bonds. The number of nitriles is 3. The Hall–Kier alpha value is -3.64. The highest BCUT2D eigenvalue weighted by Gasteiger charge is 2.24. The topological polar surface area (TPSA) is 107 Å². The summed E-state index contributed by atoms with van der Waals surface area (Å²) in [6.07, 6.45) is 0. The standard InChI is InChI=1S/C17H14F2N6O/c1-11(26)24-2-4-25(5-3-24)17-14(18)6-13(7-15(17)19)23-16(10-22)12(8-20)9-21/h6-7,23H,2-5H2,1H3. The molecule has 1 aliphatic heterocycles. The lowest BCUT2D eigenvalue weighted by Gasteiger charge is -2.35. The van der Waals surface area contributed by atoms with Crippen LogP contribution in [0.4, 0.5) is 20.2 Å². The van der Waals surface area contributed by atoms with Crippen molar-refractivity contribution in [3.8, 4) is 18.2 Å². The SMILES string of the molecule is CC(=O)N1CCN(c2c(F)cc(NC(C#N)=C(C#N)C#N)cc2F)CC1.